The van der Waals surface area contributed by atoms with Crippen molar-refractivity contribution in [1.82, 2.24) is 16.0 Å². The molecule has 4 atom stereocenters. The van der Waals surface area contributed by atoms with Gasteiger partial charge < -0.3 is 38.3 Å². The lowest BCUT2D eigenvalue weighted by Gasteiger charge is -2.24. The van der Waals surface area contributed by atoms with Crippen LogP contribution in [0.25, 0.3) is 0 Å². The molecule has 0 heterocycles. The summed E-state index contributed by atoms with van der Waals surface area (Å²) in [6.45, 7) is 5.33. The van der Waals surface area contributed by atoms with Gasteiger partial charge in [-0.25, -0.2) is 4.79 Å². The number of carbonyl (C=O) groups is 5. The molecule has 0 fully saturated rings. The number of primary amides is 1. The van der Waals surface area contributed by atoms with E-state index < -0.39 is 60.2 Å². The molecular weight excluding hydrogens is 396 g/mol. The molecule has 172 valence electrons. The lowest BCUT2D eigenvalue weighted by atomic mass is 10.0. The van der Waals surface area contributed by atoms with Crippen LogP contribution in [0.3, 0.4) is 0 Å². The first kappa shape index (κ1) is 27.3. The van der Waals surface area contributed by atoms with Gasteiger partial charge in [-0.15, -0.1) is 0 Å². The summed E-state index contributed by atoms with van der Waals surface area (Å²) in [5.74, 6) is -4.40. The van der Waals surface area contributed by atoms with Crippen molar-refractivity contribution in [3.05, 3.63) is 0 Å². The summed E-state index contributed by atoms with van der Waals surface area (Å²) >= 11 is 0. The van der Waals surface area contributed by atoms with E-state index >= 15 is 0 Å². The Balaban J connectivity index is 5.15. The molecule has 0 aliphatic carbocycles. The van der Waals surface area contributed by atoms with Gasteiger partial charge in [-0.1, -0.05) is 13.8 Å². The van der Waals surface area contributed by atoms with Crippen molar-refractivity contribution in [2.24, 2.45) is 23.1 Å². The van der Waals surface area contributed by atoms with E-state index in [0.29, 0.717) is 19.4 Å². The van der Waals surface area contributed by atoms with Gasteiger partial charge in [0, 0.05) is 0 Å². The third-order valence-corrected chi connectivity index (χ3v) is 4.37. The van der Waals surface area contributed by atoms with Gasteiger partial charge in [-0.2, -0.15) is 0 Å². The molecule has 0 radical (unpaired) electrons. The number of nitrogens with two attached hydrogens (primary N) is 3. The second-order valence-corrected chi connectivity index (χ2v) is 7.42. The molecule has 0 aliphatic heterocycles. The number of unbranched alkanes of at least 4 members (excludes halogenated alkanes) is 1. The fourth-order valence-electron chi connectivity index (χ4n) is 2.41. The van der Waals surface area contributed by atoms with E-state index in [-0.39, 0.29) is 12.3 Å². The summed E-state index contributed by atoms with van der Waals surface area (Å²) in [5, 5.41) is 16.3. The third-order valence-electron chi connectivity index (χ3n) is 4.37. The normalized spacial score (nSPS) is 14.9. The number of hydrogen-bond acceptors (Lipinski definition) is 7. The molecule has 0 saturated carbocycles. The van der Waals surface area contributed by atoms with Crippen molar-refractivity contribution >= 4 is 29.6 Å². The van der Waals surface area contributed by atoms with Crippen LogP contribution < -0.4 is 33.2 Å². The van der Waals surface area contributed by atoms with E-state index in [1.807, 2.05) is 0 Å². The molecule has 0 rings (SSSR count). The van der Waals surface area contributed by atoms with Crippen LogP contribution in [0.4, 0.5) is 0 Å². The average molecular weight is 431 g/mol. The lowest BCUT2D eigenvalue weighted by molar-refractivity contribution is -0.143. The van der Waals surface area contributed by atoms with Crippen LogP contribution in [-0.4, -0.2) is 65.4 Å². The molecule has 0 aromatic carbocycles. The van der Waals surface area contributed by atoms with E-state index in [0.717, 1.165) is 0 Å². The highest BCUT2D eigenvalue weighted by Gasteiger charge is 2.29. The largest absolute Gasteiger partial charge is 0.480 e. The maximum Gasteiger partial charge on any atom is 0.326 e. The minimum atomic E-state index is -1.52. The molecule has 4 unspecified atom stereocenters. The summed E-state index contributed by atoms with van der Waals surface area (Å²) < 4.78 is 0. The number of carboxylic acid groups (broad SMARTS) is 1. The van der Waals surface area contributed by atoms with Crippen molar-refractivity contribution in [3.8, 4) is 0 Å². The first-order valence-corrected chi connectivity index (χ1v) is 9.78. The summed E-state index contributed by atoms with van der Waals surface area (Å²) in [6, 6.07) is -4.39. The van der Waals surface area contributed by atoms with E-state index in [2.05, 4.69) is 16.0 Å². The molecule has 0 spiro atoms. The Kier molecular flexibility index (Phi) is 12.3. The first-order chi connectivity index (χ1) is 13.9. The van der Waals surface area contributed by atoms with E-state index in [9.17, 15) is 24.0 Å². The van der Waals surface area contributed by atoms with Gasteiger partial charge in [0.25, 0.3) is 0 Å². The van der Waals surface area contributed by atoms with Crippen LogP contribution in [0.15, 0.2) is 0 Å². The summed E-state index contributed by atoms with van der Waals surface area (Å²) in [5.41, 5.74) is 16.2. The number of nitrogens with one attached hydrogen (secondary N) is 3. The number of hydrogen-bond donors (Lipinski definition) is 7. The monoisotopic (exact) mass is 430 g/mol. The highest BCUT2D eigenvalue weighted by Crippen LogP contribution is 2.04. The Morgan fingerprint density at radius 1 is 0.867 bits per heavy atom. The van der Waals surface area contributed by atoms with Crippen molar-refractivity contribution in [3.63, 3.8) is 0 Å². The predicted molar refractivity (Wildman–Crippen MR) is 109 cm³/mol. The van der Waals surface area contributed by atoms with E-state index in [1.54, 1.807) is 13.8 Å². The molecule has 0 aromatic rings. The summed E-state index contributed by atoms with van der Waals surface area (Å²) in [4.78, 5) is 59.3. The van der Waals surface area contributed by atoms with Crippen LogP contribution in [-0.2, 0) is 24.0 Å². The second kappa shape index (κ2) is 13.5. The molecular formula is C18H34N6O6. The molecule has 0 bridgehead atoms. The van der Waals surface area contributed by atoms with Gasteiger partial charge in [-0.3, -0.25) is 19.2 Å². The zero-order valence-electron chi connectivity index (χ0n) is 17.6. The standard InChI is InChI=1S/C18H34N6O6/c1-9(2)14(21)17(28)22-10(3)15(26)23-11(6-4-5-7-19)16(27)24-12(18(29)30)8-13(20)25/h9-12,14H,4-8,19,21H2,1-3H3,(H2,20,25)(H,22,28)(H,23,26)(H,24,27)(H,29,30). The van der Waals surface area contributed by atoms with Crippen LogP contribution in [0.1, 0.15) is 46.5 Å². The molecule has 10 N–H and O–H groups in total. The molecule has 0 saturated heterocycles. The lowest BCUT2D eigenvalue weighted by Crippen LogP contribution is -2.57. The summed E-state index contributed by atoms with van der Waals surface area (Å²) in [7, 11) is 0. The highest BCUT2D eigenvalue weighted by molar-refractivity contribution is 5.94. The number of aliphatic carboxylic acids is 1. The van der Waals surface area contributed by atoms with Crippen molar-refractivity contribution in [2.75, 3.05) is 6.54 Å². The van der Waals surface area contributed by atoms with Gasteiger partial charge in [0.2, 0.25) is 23.6 Å². The van der Waals surface area contributed by atoms with Gasteiger partial charge in [0.1, 0.15) is 18.1 Å². The Morgan fingerprint density at radius 3 is 1.90 bits per heavy atom. The molecule has 12 nitrogen and oxygen atoms in total. The summed E-state index contributed by atoms with van der Waals surface area (Å²) in [6.07, 6.45) is 0.661. The molecule has 4 amide bonds. The first-order valence-electron chi connectivity index (χ1n) is 9.78. The van der Waals surface area contributed by atoms with Crippen LogP contribution in [0, 0.1) is 5.92 Å². The Labute approximate surface area is 175 Å². The average Bonchev–Trinajstić information content (AvgIpc) is 2.65. The zero-order valence-corrected chi connectivity index (χ0v) is 17.6. The van der Waals surface area contributed by atoms with Gasteiger partial charge in [0.05, 0.1) is 12.5 Å². The molecule has 0 aromatic heterocycles. The van der Waals surface area contributed by atoms with Crippen LogP contribution >= 0.6 is 0 Å². The highest BCUT2D eigenvalue weighted by atomic mass is 16.4. The van der Waals surface area contributed by atoms with Crippen molar-refractivity contribution in [1.29, 1.82) is 0 Å². The number of carboxylic acids is 1. The molecule has 30 heavy (non-hydrogen) atoms. The molecule has 0 aliphatic rings. The van der Waals surface area contributed by atoms with Crippen LogP contribution in [0.5, 0.6) is 0 Å². The van der Waals surface area contributed by atoms with Gasteiger partial charge >= 0.3 is 5.97 Å². The SMILES string of the molecule is CC(NC(=O)C(N)C(C)C)C(=O)NC(CCCCN)C(=O)NC(CC(N)=O)C(=O)O. The maximum absolute atomic E-state index is 12.5. The smallest absolute Gasteiger partial charge is 0.326 e. The molecule has 12 heteroatoms. The predicted octanol–water partition coefficient (Wildman–Crippen LogP) is -2.47. The topological polar surface area (TPSA) is 220 Å². The Bertz CT molecular complexity index is 626. The quantitative estimate of drug-likeness (QED) is 0.146. The van der Waals surface area contributed by atoms with E-state index in [4.69, 9.17) is 22.3 Å². The maximum atomic E-state index is 12.5. The zero-order chi connectivity index (χ0) is 23.4. The third kappa shape index (κ3) is 10.2. The minimum absolute atomic E-state index is 0.131. The fraction of sp³-hybridized carbons (Fsp3) is 0.722. The van der Waals surface area contributed by atoms with Gasteiger partial charge in [0.15, 0.2) is 0 Å². The van der Waals surface area contributed by atoms with Crippen LogP contribution in [0.2, 0.25) is 0 Å². The van der Waals surface area contributed by atoms with Gasteiger partial charge in [-0.05, 0) is 38.6 Å². The Morgan fingerprint density at radius 2 is 1.43 bits per heavy atom. The number of rotatable bonds is 14. The fourth-order valence-corrected chi connectivity index (χ4v) is 2.41. The van der Waals surface area contributed by atoms with Crippen molar-refractivity contribution < 1.29 is 29.1 Å². The van der Waals surface area contributed by atoms with Crippen molar-refractivity contribution in [2.45, 2.75) is 70.6 Å². The minimum Gasteiger partial charge on any atom is -0.480 e. The number of carbonyl (C=O) groups excluding carboxylic acids is 4. The second-order valence-electron chi connectivity index (χ2n) is 7.42. The Hall–Kier alpha value is -2.73. The number of amides is 4. The van der Waals surface area contributed by atoms with E-state index in [1.165, 1.54) is 6.92 Å².